The summed E-state index contributed by atoms with van der Waals surface area (Å²) in [5.74, 6) is 0.100. The van der Waals surface area contributed by atoms with Crippen molar-refractivity contribution in [1.82, 2.24) is 19.5 Å². The summed E-state index contributed by atoms with van der Waals surface area (Å²) in [6, 6.07) is 14.0. The number of methoxy groups -OCH3 is 1. The van der Waals surface area contributed by atoms with Crippen molar-refractivity contribution in [1.29, 1.82) is 0 Å². The number of fused-ring (bicyclic) bond motifs is 1. The Kier molecular flexibility index (Phi) is 5.64. The molecule has 0 atom stereocenters. The lowest BCUT2D eigenvalue weighted by molar-refractivity contribution is 0.0959. The lowest BCUT2D eigenvalue weighted by Gasteiger charge is -2.16. The van der Waals surface area contributed by atoms with Crippen LogP contribution < -0.4 is 21.1 Å². The SMILES string of the molecule is CCn1c(NNC(=O)c2cc(Cl)c(-n3cccc3)cc2OC)nc2ccccc2c1=O. The first-order valence-corrected chi connectivity index (χ1v) is 9.98. The fourth-order valence-electron chi connectivity index (χ4n) is 3.32. The summed E-state index contributed by atoms with van der Waals surface area (Å²) in [5, 5.41) is 0.895. The van der Waals surface area contributed by atoms with E-state index in [-0.39, 0.29) is 17.1 Å². The van der Waals surface area contributed by atoms with Crippen LogP contribution >= 0.6 is 11.6 Å². The van der Waals surface area contributed by atoms with E-state index in [1.165, 1.54) is 17.7 Å². The van der Waals surface area contributed by atoms with Gasteiger partial charge in [0.2, 0.25) is 5.95 Å². The van der Waals surface area contributed by atoms with Crippen LogP contribution in [0.5, 0.6) is 5.75 Å². The van der Waals surface area contributed by atoms with Gasteiger partial charge in [0.1, 0.15) is 5.75 Å². The maximum Gasteiger partial charge on any atom is 0.273 e. The number of amides is 1. The van der Waals surface area contributed by atoms with Gasteiger partial charge in [-0.25, -0.2) is 4.98 Å². The van der Waals surface area contributed by atoms with Crippen LogP contribution in [0.2, 0.25) is 5.02 Å². The number of benzene rings is 2. The topological polar surface area (TPSA) is 90.2 Å². The standard InChI is InChI=1S/C22H20ClN5O3/c1-3-28-21(30)14-8-4-5-9-17(14)24-22(28)26-25-20(29)15-12-16(23)18(13-19(15)31-2)27-10-6-7-11-27/h4-13H,3H2,1-2H3,(H,24,26)(H,25,29). The molecular formula is C22H20ClN5O3. The van der Waals surface area contributed by atoms with Crippen LogP contribution in [0.25, 0.3) is 16.6 Å². The number of rotatable bonds is 6. The van der Waals surface area contributed by atoms with Crippen molar-refractivity contribution in [3.05, 3.63) is 81.9 Å². The summed E-state index contributed by atoms with van der Waals surface area (Å²) in [7, 11) is 1.48. The van der Waals surface area contributed by atoms with Crippen LogP contribution in [-0.4, -0.2) is 27.1 Å². The number of carbonyl (C=O) groups excluding carboxylic acids is 1. The molecule has 0 unspecified atom stereocenters. The summed E-state index contributed by atoms with van der Waals surface area (Å²) < 4.78 is 8.67. The molecule has 8 nitrogen and oxygen atoms in total. The highest BCUT2D eigenvalue weighted by Gasteiger charge is 2.18. The van der Waals surface area contributed by atoms with Gasteiger partial charge in [0.25, 0.3) is 11.5 Å². The Labute approximate surface area is 183 Å². The van der Waals surface area contributed by atoms with Gasteiger partial charge in [-0.15, -0.1) is 0 Å². The predicted octanol–water partition coefficient (Wildman–Crippen LogP) is 3.63. The number of ether oxygens (including phenoxy) is 1. The van der Waals surface area contributed by atoms with Crippen molar-refractivity contribution >= 4 is 34.4 Å². The molecular weight excluding hydrogens is 418 g/mol. The van der Waals surface area contributed by atoms with Crippen LogP contribution in [0.4, 0.5) is 5.95 Å². The minimum Gasteiger partial charge on any atom is -0.496 e. The van der Waals surface area contributed by atoms with Crippen molar-refractivity contribution in [2.45, 2.75) is 13.5 Å². The number of hydrazine groups is 1. The molecule has 2 N–H and O–H groups in total. The van der Waals surface area contributed by atoms with E-state index >= 15 is 0 Å². The van der Waals surface area contributed by atoms with E-state index in [9.17, 15) is 9.59 Å². The molecule has 0 aliphatic carbocycles. The number of hydrogen-bond donors (Lipinski definition) is 2. The maximum absolute atomic E-state index is 12.9. The van der Waals surface area contributed by atoms with E-state index in [2.05, 4.69) is 15.8 Å². The Hall–Kier alpha value is -3.78. The number of anilines is 1. The van der Waals surface area contributed by atoms with Crippen LogP contribution in [-0.2, 0) is 6.54 Å². The molecule has 0 spiro atoms. The van der Waals surface area contributed by atoms with Crippen molar-refractivity contribution in [2.75, 3.05) is 12.5 Å². The summed E-state index contributed by atoms with van der Waals surface area (Å²) >= 11 is 6.41. The van der Waals surface area contributed by atoms with Crippen molar-refractivity contribution in [3.8, 4) is 11.4 Å². The molecule has 4 aromatic rings. The molecule has 2 aromatic heterocycles. The molecule has 0 aliphatic heterocycles. The van der Waals surface area contributed by atoms with Gasteiger partial charge in [-0.3, -0.25) is 25.0 Å². The number of aromatic nitrogens is 3. The van der Waals surface area contributed by atoms with Crippen LogP contribution in [0.1, 0.15) is 17.3 Å². The minimum atomic E-state index is -0.483. The molecule has 0 bridgehead atoms. The highest BCUT2D eigenvalue weighted by molar-refractivity contribution is 6.33. The Morgan fingerprint density at radius 1 is 1.16 bits per heavy atom. The zero-order valence-electron chi connectivity index (χ0n) is 16.9. The zero-order chi connectivity index (χ0) is 22.0. The van der Waals surface area contributed by atoms with Gasteiger partial charge >= 0.3 is 0 Å². The zero-order valence-corrected chi connectivity index (χ0v) is 17.7. The summed E-state index contributed by atoms with van der Waals surface area (Å²) in [4.78, 5) is 30.0. The van der Waals surface area contributed by atoms with Crippen molar-refractivity contribution in [2.24, 2.45) is 0 Å². The highest BCUT2D eigenvalue weighted by atomic mass is 35.5. The third-order valence-electron chi connectivity index (χ3n) is 4.86. The lowest BCUT2D eigenvalue weighted by atomic mass is 10.1. The Bertz CT molecular complexity index is 1310. The molecule has 0 saturated heterocycles. The van der Waals surface area contributed by atoms with Crippen LogP contribution in [0, 0.1) is 0 Å². The van der Waals surface area contributed by atoms with Crippen LogP contribution in [0.3, 0.4) is 0 Å². The first-order chi connectivity index (χ1) is 15.0. The second kappa shape index (κ2) is 8.53. The van der Waals surface area contributed by atoms with E-state index < -0.39 is 5.91 Å². The van der Waals surface area contributed by atoms with Gasteiger partial charge in [-0.2, -0.15) is 0 Å². The predicted molar refractivity (Wildman–Crippen MR) is 120 cm³/mol. The second-order valence-corrected chi connectivity index (χ2v) is 7.08. The third kappa shape index (κ3) is 3.85. The first-order valence-electron chi connectivity index (χ1n) is 9.60. The van der Waals surface area contributed by atoms with Gasteiger partial charge in [-0.05, 0) is 37.3 Å². The van der Waals surface area contributed by atoms with Gasteiger partial charge < -0.3 is 9.30 Å². The average molecular weight is 438 g/mol. The number of nitrogens with zero attached hydrogens (tertiary/aromatic N) is 3. The molecule has 9 heteroatoms. The monoisotopic (exact) mass is 437 g/mol. The van der Waals surface area contributed by atoms with Crippen molar-refractivity contribution < 1.29 is 9.53 Å². The molecule has 0 saturated carbocycles. The fraction of sp³-hybridized carbons (Fsp3) is 0.136. The van der Waals surface area contributed by atoms with E-state index in [4.69, 9.17) is 16.3 Å². The van der Waals surface area contributed by atoms with E-state index in [0.717, 1.165) is 0 Å². The van der Waals surface area contributed by atoms with Gasteiger partial charge in [0, 0.05) is 25.0 Å². The second-order valence-electron chi connectivity index (χ2n) is 6.68. The number of hydrogen-bond acceptors (Lipinski definition) is 5. The molecule has 0 radical (unpaired) electrons. The molecule has 158 valence electrons. The number of halogens is 1. The largest absolute Gasteiger partial charge is 0.496 e. The Morgan fingerprint density at radius 2 is 1.90 bits per heavy atom. The van der Waals surface area contributed by atoms with Gasteiger partial charge in [0.05, 0.1) is 34.3 Å². The van der Waals surface area contributed by atoms with Crippen LogP contribution in [0.15, 0.2) is 65.7 Å². The third-order valence-corrected chi connectivity index (χ3v) is 5.16. The Morgan fingerprint density at radius 3 is 2.61 bits per heavy atom. The van der Waals surface area contributed by atoms with E-state index in [0.29, 0.717) is 33.9 Å². The number of para-hydroxylation sites is 1. The van der Waals surface area contributed by atoms with Gasteiger partial charge in [0.15, 0.2) is 0 Å². The summed E-state index contributed by atoms with van der Waals surface area (Å²) in [6.45, 7) is 2.21. The molecule has 2 heterocycles. The molecule has 0 aliphatic rings. The Balaban J connectivity index is 1.64. The molecule has 0 fully saturated rings. The lowest BCUT2D eigenvalue weighted by Crippen LogP contribution is -2.34. The average Bonchev–Trinajstić information content (AvgIpc) is 3.32. The van der Waals surface area contributed by atoms with Gasteiger partial charge in [-0.1, -0.05) is 23.7 Å². The summed E-state index contributed by atoms with van der Waals surface area (Å²) in [5.41, 5.74) is 6.60. The maximum atomic E-state index is 12.9. The molecule has 31 heavy (non-hydrogen) atoms. The fourth-order valence-corrected chi connectivity index (χ4v) is 3.58. The first kappa shape index (κ1) is 20.5. The molecule has 1 amide bonds. The minimum absolute atomic E-state index is 0.193. The van der Waals surface area contributed by atoms with E-state index in [1.54, 1.807) is 30.3 Å². The van der Waals surface area contributed by atoms with Crippen molar-refractivity contribution in [3.63, 3.8) is 0 Å². The number of nitrogens with one attached hydrogen (secondary N) is 2. The normalized spacial score (nSPS) is 10.8. The highest BCUT2D eigenvalue weighted by Crippen LogP contribution is 2.30. The van der Waals surface area contributed by atoms with E-state index in [1.807, 2.05) is 36.0 Å². The summed E-state index contributed by atoms with van der Waals surface area (Å²) in [6.07, 6.45) is 3.69. The smallest absolute Gasteiger partial charge is 0.273 e. The molecule has 2 aromatic carbocycles. The number of carbonyl (C=O) groups is 1. The quantitative estimate of drug-likeness (QED) is 0.449. The molecule has 4 rings (SSSR count).